The Bertz CT molecular complexity index is 686. The number of hydrogen-bond donors (Lipinski definition) is 0. The Hall–Kier alpha value is -1.91. The summed E-state index contributed by atoms with van der Waals surface area (Å²) in [7, 11) is 0. The highest BCUT2D eigenvalue weighted by molar-refractivity contribution is 5.96. The number of esters is 1. The van der Waals surface area contributed by atoms with Crippen molar-refractivity contribution in [1.29, 1.82) is 0 Å². The van der Waals surface area contributed by atoms with Gasteiger partial charge in [-0.25, -0.2) is 4.79 Å². The van der Waals surface area contributed by atoms with E-state index in [1.54, 1.807) is 0 Å². The predicted molar refractivity (Wildman–Crippen MR) is 77.4 cm³/mol. The molecule has 0 aromatic heterocycles. The van der Waals surface area contributed by atoms with Crippen molar-refractivity contribution in [2.45, 2.75) is 18.6 Å². The van der Waals surface area contributed by atoms with Gasteiger partial charge in [0.25, 0.3) is 0 Å². The van der Waals surface area contributed by atoms with Crippen LogP contribution in [0, 0.1) is 0 Å². The van der Waals surface area contributed by atoms with Crippen molar-refractivity contribution in [3.63, 3.8) is 0 Å². The van der Waals surface area contributed by atoms with Gasteiger partial charge in [0.1, 0.15) is 12.7 Å². The Labute approximate surface area is 122 Å². The lowest BCUT2D eigenvalue weighted by atomic mass is 9.99. The van der Waals surface area contributed by atoms with Crippen LogP contribution in [0.5, 0.6) is 0 Å². The Kier molecular flexibility index (Phi) is 3.13. The van der Waals surface area contributed by atoms with E-state index < -0.39 is 0 Å². The molecule has 0 saturated carbocycles. The first-order valence-corrected chi connectivity index (χ1v) is 7.21. The number of benzene rings is 2. The Morgan fingerprint density at radius 3 is 2.71 bits per heavy atom. The van der Waals surface area contributed by atoms with Crippen molar-refractivity contribution in [3.05, 3.63) is 47.5 Å². The molecule has 0 radical (unpaired) electrons. The summed E-state index contributed by atoms with van der Waals surface area (Å²) < 4.78 is 15.6. The lowest BCUT2D eigenvalue weighted by Gasteiger charge is -2.08. The molecule has 0 amide bonds. The standard InChI is InChI=1S/C17H16O4/c18-17(21-10-15-9-20-15)13-4-5-16-11(6-13)2-1-3-12(16)7-14-8-19-14/h1-6,14-15H,7-10H2. The summed E-state index contributed by atoms with van der Waals surface area (Å²) in [4.78, 5) is 12.0. The smallest absolute Gasteiger partial charge is 0.338 e. The zero-order valence-electron chi connectivity index (χ0n) is 11.6. The summed E-state index contributed by atoms with van der Waals surface area (Å²) in [6.45, 7) is 1.89. The predicted octanol–water partition coefficient (Wildman–Crippen LogP) is 2.34. The molecule has 0 spiro atoms. The van der Waals surface area contributed by atoms with Gasteiger partial charge in [0.05, 0.1) is 24.9 Å². The van der Waals surface area contributed by atoms with Crippen LogP contribution in [0.3, 0.4) is 0 Å². The molecule has 2 heterocycles. The van der Waals surface area contributed by atoms with Crippen LogP contribution in [0.1, 0.15) is 15.9 Å². The SMILES string of the molecule is O=C(OCC1CO1)c1ccc2c(CC3CO3)cccc2c1. The van der Waals surface area contributed by atoms with Crippen LogP contribution < -0.4 is 0 Å². The summed E-state index contributed by atoms with van der Waals surface area (Å²) in [5.41, 5.74) is 1.85. The largest absolute Gasteiger partial charge is 0.459 e. The summed E-state index contributed by atoms with van der Waals surface area (Å²) in [5.74, 6) is -0.289. The molecule has 0 bridgehead atoms. The highest BCUT2D eigenvalue weighted by Gasteiger charge is 2.25. The summed E-state index contributed by atoms with van der Waals surface area (Å²) in [6, 6.07) is 11.9. The van der Waals surface area contributed by atoms with Gasteiger partial charge in [-0.1, -0.05) is 24.3 Å². The monoisotopic (exact) mass is 284 g/mol. The van der Waals surface area contributed by atoms with Crippen LogP contribution in [-0.2, 0) is 20.6 Å². The molecule has 0 aliphatic carbocycles. The zero-order valence-corrected chi connectivity index (χ0v) is 11.6. The molecule has 2 aliphatic rings. The molecule has 2 fully saturated rings. The van der Waals surface area contributed by atoms with Crippen molar-refractivity contribution < 1.29 is 19.0 Å². The van der Waals surface area contributed by atoms with E-state index in [1.807, 2.05) is 30.3 Å². The van der Waals surface area contributed by atoms with Gasteiger partial charge >= 0.3 is 5.97 Å². The highest BCUT2D eigenvalue weighted by Crippen LogP contribution is 2.25. The second-order valence-corrected chi connectivity index (χ2v) is 5.57. The number of carbonyl (C=O) groups is 1. The molecule has 108 valence electrons. The van der Waals surface area contributed by atoms with E-state index in [2.05, 4.69) is 6.07 Å². The zero-order chi connectivity index (χ0) is 14.2. The van der Waals surface area contributed by atoms with Crippen molar-refractivity contribution in [2.24, 2.45) is 0 Å². The minimum Gasteiger partial charge on any atom is -0.459 e. The van der Waals surface area contributed by atoms with E-state index in [-0.39, 0.29) is 12.1 Å². The molecule has 2 atom stereocenters. The maximum Gasteiger partial charge on any atom is 0.338 e. The van der Waals surface area contributed by atoms with Crippen molar-refractivity contribution in [1.82, 2.24) is 0 Å². The van der Waals surface area contributed by atoms with Crippen molar-refractivity contribution >= 4 is 16.7 Å². The van der Waals surface area contributed by atoms with Gasteiger partial charge < -0.3 is 14.2 Å². The second kappa shape index (κ2) is 5.13. The van der Waals surface area contributed by atoms with E-state index in [4.69, 9.17) is 14.2 Å². The summed E-state index contributed by atoms with van der Waals surface area (Å²) in [5, 5.41) is 2.24. The molecule has 4 heteroatoms. The summed E-state index contributed by atoms with van der Waals surface area (Å²) in [6.07, 6.45) is 1.39. The molecule has 21 heavy (non-hydrogen) atoms. The van der Waals surface area contributed by atoms with E-state index in [0.29, 0.717) is 24.9 Å². The molecular formula is C17H16O4. The van der Waals surface area contributed by atoms with Gasteiger partial charge in [-0.3, -0.25) is 0 Å². The third-order valence-electron chi connectivity index (χ3n) is 3.86. The number of epoxide rings is 2. The van der Waals surface area contributed by atoms with Crippen LogP contribution >= 0.6 is 0 Å². The van der Waals surface area contributed by atoms with E-state index in [1.165, 1.54) is 10.9 Å². The maximum absolute atomic E-state index is 12.0. The third-order valence-corrected chi connectivity index (χ3v) is 3.86. The molecule has 4 nitrogen and oxygen atoms in total. The van der Waals surface area contributed by atoms with Crippen LogP contribution in [0.15, 0.2) is 36.4 Å². The number of ether oxygens (including phenoxy) is 3. The van der Waals surface area contributed by atoms with Crippen molar-refractivity contribution in [3.8, 4) is 0 Å². The van der Waals surface area contributed by atoms with Crippen LogP contribution in [-0.4, -0.2) is 38.0 Å². The molecule has 0 N–H and O–H groups in total. The molecule has 2 aromatic carbocycles. The first kappa shape index (κ1) is 12.8. The topological polar surface area (TPSA) is 51.4 Å². The molecular weight excluding hydrogens is 268 g/mol. The lowest BCUT2D eigenvalue weighted by Crippen LogP contribution is -2.10. The summed E-state index contributed by atoms with van der Waals surface area (Å²) >= 11 is 0. The van der Waals surface area contributed by atoms with Gasteiger partial charge in [-0.15, -0.1) is 0 Å². The normalized spacial score (nSPS) is 23.0. The van der Waals surface area contributed by atoms with Crippen molar-refractivity contribution in [2.75, 3.05) is 19.8 Å². The fourth-order valence-electron chi connectivity index (χ4n) is 2.50. The fourth-order valence-corrected chi connectivity index (χ4v) is 2.50. The average Bonchev–Trinajstić information content (AvgIpc) is 3.39. The van der Waals surface area contributed by atoms with E-state index >= 15 is 0 Å². The third kappa shape index (κ3) is 2.91. The molecule has 2 aliphatic heterocycles. The van der Waals surface area contributed by atoms with Crippen LogP contribution in [0.25, 0.3) is 10.8 Å². The molecule has 4 rings (SSSR count). The van der Waals surface area contributed by atoms with Gasteiger partial charge in [-0.2, -0.15) is 0 Å². The number of hydrogen-bond acceptors (Lipinski definition) is 4. The molecule has 2 unspecified atom stereocenters. The number of carbonyl (C=O) groups excluding carboxylic acids is 1. The van der Waals surface area contributed by atoms with Gasteiger partial charge in [0.2, 0.25) is 0 Å². The van der Waals surface area contributed by atoms with Crippen LogP contribution in [0.4, 0.5) is 0 Å². The number of fused-ring (bicyclic) bond motifs is 1. The van der Waals surface area contributed by atoms with Gasteiger partial charge in [-0.05, 0) is 28.5 Å². The first-order valence-electron chi connectivity index (χ1n) is 7.21. The molecule has 2 aromatic rings. The average molecular weight is 284 g/mol. The Morgan fingerprint density at radius 1 is 1.14 bits per heavy atom. The fraction of sp³-hybridized carbons (Fsp3) is 0.353. The molecule has 2 saturated heterocycles. The maximum atomic E-state index is 12.0. The van der Waals surface area contributed by atoms with E-state index in [9.17, 15) is 4.79 Å². The first-order chi connectivity index (χ1) is 10.3. The number of rotatable bonds is 5. The quantitative estimate of drug-likeness (QED) is 0.624. The van der Waals surface area contributed by atoms with Crippen LogP contribution in [0.2, 0.25) is 0 Å². The Morgan fingerprint density at radius 2 is 1.95 bits per heavy atom. The minimum absolute atomic E-state index is 0.0968. The Balaban J connectivity index is 1.58. The lowest BCUT2D eigenvalue weighted by molar-refractivity contribution is 0.0477. The van der Waals surface area contributed by atoms with E-state index in [0.717, 1.165) is 18.4 Å². The van der Waals surface area contributed by atoms with Gasteiger partial charge in [0, 0.05) is 6.42 Å². The highest BCUT2D eigenvalue weighted by atomic mass is 16.6. The van der Waals surface area contributed by atoms with Gasteiger partial charge in [0.15, 0.2) is 0 Å². The second-order valence-electron chi connectivity index (χ2n) is 5.57. The minimum atomic E-state index is -0.289.